The van der Waals surface area contributed by atoms with Gasteiger partial charge in [-0.1, -0.05) is 18.2 Å². The standard InChI is InChI=1S/C16H11F5N2O/c17-11-5-4-9(12(18)7-11)6-10-2-1-3-14-15(10)13(8-24)22-23(14)16(19,20)21/h1-5,7,24H,6,8H2. The van der Waals surface area contributed by atoms with Crippen molar-refractivity contribution in [3.63, 3.8) is 0 Å². The molecular formula is C16H11F5N2O. The van der Waals surface area contributed by atoms with Crippen LogP contribution in [0.5, 0.6) is 0 Å². The van der Waals surface area contributed by atoms with E-state index in [9.17, 15) is 27.1 Å². The van der Waals surface area contributed by atoms with Crippen LogP contribution < -0.4 is 0 Å². The highest BCUT2D eigenvalue weighted by Gasteiger charge is 2.35. The Balaban J connectivity index is 2.17. The van der Waals surface area contributed by atoms with Crippen LogP contribution in [-0.2, 0) is 19.3 Å². The number of benzene rings is 2. The lowest BCUT2D eigenvalue weighted by molar-refractivity contribution is -0.209. The normalized spacial score (nSPS) is 12.1. The Morgan fingerprint density at radius 2 is 1.79 bits per heavy atom. The van der Waals surface area contributed by atoms with Crippen molar-refractivity contribution in [1.82, 2.24) is 9.78 Å². The maximum Gasteiger partial charge on any atom is 0.505 e. The molecular weight excluding hydrogens is 331 g/mol. The summed E-state index contributed by atoms with van der Waals surface area (Å²) in [6, 6.07) is 7.15. The van der Waals surface area contributed by atoms with Crippen LogP contribution in [0.15, 0.2) is 36.4 Å². The average Bonchev–Trinajstić information content (AvgIpc) is 2.90. The van der Waals surface area contributed by atoms with Gasteiger partial charge in [-0.05, 0) is 23.3 Å². The fourth-order valence-corrected chi connectivity index (χ4v) is 2.64. The van der Waals surface area contributed by atoms with E-state index in [0.717, 1.165) is 6.07 Å². The van der Waals surface area contributed by atoms with E-state index in [0.29, 0.717) is 11.6 Å². The molecule has 0 unspecified atom stereocenters. The van der Waals surface area contributed by atoms with Crippen LogP contribution in [0.4, 0.5) is 22.0 Å². The highest BCUT2D eigenvalue weighted by molar-refractivity contribution is 5.86. The molecule has 8 heteroatoms. The molecule has 0 fully saturated rings. The smallest absolute Gasteiger partial charge is 0.390 e. The Kier molecular flexibility index (Phi) is 4.00. The molecule has 3 aromatic rings. The van der Waals surface area contributed by atoms with Crippen molar-refractivity contribution in [2.75, 3.05) is 0 Å². The second-order valence-electron chi connectivity index (χ2n) is 5.21. The van der Waals surface area contributed by atoms with E-state index in [1.54, 1.807) is 0 Å². The molecule has 1 aromatic heterocycles. The molecule has 24 heavy (non-hydrogen) atoms. The first-order valence-corrected chi connectivity index (χ1v) is 6.92. The average molecular weight is 342 g/mol. The summed E-state index contributed by atoms with van der Waals surface area (Å²) in [6.45, 7) is -0.692. The molecule has 3 nitrogen and oxygen atoms in total. The predicted octanol–water partition coefficient (Wildman–Crippen LogP) is 3.87. The van der Waals surface area contributed by atoms with Gasteiger partial charge in [0.05, 0.1) is 17.8 Å². The molecule has 1 N–H and O–H groups in total. The van der Waals surface area contributed by atoms with Gasteiger partial charge in [-0.25, -0.2) is 8.78 Å². The Bertz CT molecular complexity index is 901. The molecule has 1 heterocycles. The molecule has 0 spiro atoms. The van der Waals surface area contributed by atoms with Crippen molar-refractivity contribution in [2.24, 2.45) is 0 Å². The third-order valence-corrected chi connectivity index (χ3v) is 3.65. The summed E-state index contributed by atoms with van der Waals surface area (Å²) in [5, 5.41) is 12.8. The lowest BCUT2D eigenvalue weighted by atomic mass is 9.99. The van der Waals surface area contributed by atoms with Gasteiger partial charge in [0.15, 0.2) is 0 Å². The van der Waals surface area contributed by atoms with Crippen LogP contribution in [0, 0.1) is 11.6 Å². The molecule has 0 bridgehead atoms. The molecule has 2 aromatic carbocycles. The third-order valence-electron chi connectivity index (χ3n) is 3.65. The number of halogens is 5. The summed E-state index contributed by atoms with van der Waals surface area (Å²) in [6.07, 6.45) is -4.80. The number of hydrogen-bond donors (Lipinski definition) is 1. The Morgan fingerprint density at radius 1 is 1.04 bits per heavy atom. The maximum absolute atomic E-state index is 13.8. The Hall–Kier alpha value is -2.48. The highest BCUT2D eigenvalue weighted by atomic mass is 19.4. The molecule has 0 atom stereocenters. The van der Waals surface area contributed by atoms with Crippen molar-refractivity contribution < 1.29 is 27.1 Å². The number of alkyl halides is 3. The van der Waals surface area contributed by atoms with E-state index in [-0.39, 0.29) is 33.3 Å². The van der Waals surface area contributed by atoms with E-state index in [1.807, 2.05) is 0 Å². The molecule has 0 amide bonds. The summed E-state index contributed by atoms with van der Waals surface area (Å²) in [7, 11) is 0. The fraction of sp³-hybridized carbons (Fsp3) is 0.188. The number of aliphatic hydroxyl groups excluding tert-OH is 1. The van der Waals surface area contributed by atoms with Crippen LogP contribution in [-0.4, -0.2) is 14.9 Å². The molecule has 0 radical (unpaired) electrons. The number of nitrogens with zero attached hydrogens (tertiary/aromatic N) is 2. The van der Waals surface area contributed by atoms with Crippen molar-refractivity contribution in [3.8, 4) is 0 Å². The van der Waals surface area contributed by atoms with Gasteiger partial charge in [-0.15, -0.1) is 13.2 Å². The van der Waals surface area contributed by atoms with Crippen molar-refractivity contribution in [2.45, 2.75) is 19.3 Å². The summed E-state index contributed by atoms with van der Waals surface area (Å²) in [5.74, 6) is -1.53. The highest BCUT2D eigenvalue weighted by Crippen LogP contribution is 2.32. The van der Waals surface area contributed by atoms with Gasteiger partial charge in [0.2, 0.25) is 0 Å². The topological polar surface area (TPSA) is 38.1 Å². The third kappa shape index (κ3) is 2.84. The van der Waals surface area contributed by atoms with Crippen molar-refractivity contribution in [3.05, 3.63) is 64.9 Å². The maximum atomic E-state index is 13.8. The lowest BCUT2D eigenvalue weighted by Crippen LogP contribution is -2.18. The van der Waals surface area contributed by atoms with E-state index in [1.165, 1.54) is 24.3 Å². The van der Waals surface area contributed by atoms with Crippen LogP contribution in [0.2, 0.25) is 0 Å². The van der Waals surface area contributed by atoms with Gasteiger partial charge in [-0.3, -0.25) is 0 Å². The van der Waals surface area contributed by atoms with E-state index in [4.69, 9.17) is 0 Å². The zero-order chi connectivity index (χ0) is 17.5. The molecule has 0 saturated heterocycles. The summed E-state index contributed by atoms with van der Waals surface area (Å²) >= 11 is 0. The quantitative estimate of drug-likeness (QED) is 0.734. The zero-order valence-electron chi connectivity index (χ0n) is 12.1. The number of fused-ring (bicyclic) bond motifs is 1. The monoisotopic (exact) mass is 342 g/mol. The summed E-state index contributed by atoms with van der Waals surface area (Å²) in [5.41, 5.74) is 0.108. The van der Waals surface area contributed by atoms with Crippen molar-refractivity contribution in [1.29, 1.82) is 0 Å². The molecule has 0 aliphatic rings. The molecule has 0 aliphatic heterocycles. The van der Waals surface area contributed by atoms with Crippen LogP contribution in [0.3, 0.4) is 0 Å². The first-order chi connectivity index (χ1) is 11.3. The van der Waals surface area contributed by atoms with E-state index < -0.39 is 24.5 Å². The summed E-state index contributed by atoms with van der Waals surface area (Å²) in [4.78, 5) is 0. The number of aromatic nitrogens is 2. The second-order valence-corrected chi connectivity index (χ2v) is 5.21. The van der Waals surface area contributed by atoms with Gasteiger partial charge in [0.1, 0.15) is 11.6 Å². The van der Waals surface area contributed by atoms with E-state index in [2.05, 4.69) is 5.10 Å². The van der Waals surface area contributed by atoms with Crippen molar-refractivity contribution >= 4 is 10.9 Å². The first-order valence-electron chi connectivity index (χ1n) is 6.92. The van der Waals surface area contributed by atoms with Crippen LogP contribution in [0.25, 0.3) is 10.9 Å². The minimum atomic E-state index is -4.74. The molecule has 0 aliphatic carbocycles. The van der Waals surface area contributed by atoms with Gasteiger partial charge < -0.3 is 5.11 Å². The van der Waals surface area contributed by atoms with Gasteiger partial charge in [-0.2, -0.15) is 9.78 Å². The summed E-state index contributed by atoms with van der Waals surface area (Å²) < 4.78 is 65.8. The van der Waals surface area contributed by atoms with Gasteiger partial charge >= 0.3 is 6.30 Å². The van der Waals surface area contributed by atoms with Gasteiger partial charge in [0.25, 0.3) is 0 Å². The first kappa shape index (κ1) is 16.4. The number of aliphatic hydroxyl groups is 1. The largest absolute Gasteiger partial charge is 0.505 e. The second kappa shape index (κ2) is 5.86. The molecule has 0 saturated carbocycles. The SMILES string of the molecule is OCc1nn(C(F)(F)F)c2cccc(Cc3ccc(F)cc3F)c12. The predicted molar refractivity (Wildman–Crippen MR) is 76.1 cm³/mol. The van der Waals surface area contributed by atoms with Crippen LogP contribution in [0.1, 0.15) is 16.8 Å². The Labute approximate surface area is 132 Å². The molecule has 3 rings (SSSR count). The molecule has 126 valence electrons. The number of hydrogen-bond acceptors (Lipinski definition) is 2. The number of rotatable bonds is 3. The van der Waals surface area contributed by atoms with Crippen LogP contribution >= 0.6 is 0 Å². The zero-order valence-corrected chi connectivity index (χ0v) is 12.1. The minimum absolute atomic E-state index is 0.0556. The fourth-order valence-electron chi connectivity index (χ4n) is 2.64. The Morgan fingerprint density at radius 3 is 2.42 bits per heavy atom. The lowest BCUT2D eigenvalue weighted by Gasteiger charge is -2.09. The van der Waals surface area contributed by atoms with Gasteiger partial charge in [0, 0.05) is 17.9 Å². The van der Waals surface area contributed by atoms with E-state index >= 15 is 0 Å². The minimum Gasteiger partial charge on any atom is -0.390 e.